The van der Waals surface area contributed by atoms with E-state index in [1.165, 1.54) is 0 Å². The molecular formula is C11H18N2O4. The molecule has 0 aromatic heterocycles. The molecule has 1 aliphatic rings. The zero-order valence-corrected chi connectivity index (χ0v) is 10.1. The third kappa shape index (κ3) is 5.24. The zero-order valence-electron chi connectivity index (χ0n) is 10.1. The van der Waals surface area contributed by atoms with Gasteiger partial charge in [-0.25, -0.2) is 0 Å². The molecule has 0 aliphatic carbocycles. The third-order valence-corrected chi connectivity index (χ3v) is 2.30. The second-order valence-corrected chi connectivity index (χ2v) is 3.67. The molecule has 1 saturated heterocycles. The van der Waals surface area contributed by atoms with E-state index in [9.17, 15) is 14.4 Å². The first-order chi connectivity index (χ1) is 7.93. The minimum Gasteiger partial charge on any atom is -0.481 e. The number of aliphatic carboxylic acids is 1. The molecular weight excluding hydrogens is 224 g/mol. The van der Waals surface area contributed by atoms with E-state index in [1.54, 1.807) is 6.92 Å². The number of imide groups is 1. The molecule has 1 rings (SSSR count). The highest BCUT2D eigenvalue weighted by molar-refractivity contribution is 6.49. The number of nitrogens with one attached hydrogen (secondary N) is 2. The topological polar surface area (TPSA) is 107 Å². The number of hydrogen-bond donors (Lipinski definition) is 3. The number of carbonyl (C=O) groups excluding carboxylic acids is 2. The van der Waals surface area contributed by atoms with Gasteiger partial charge in [-0.1, -0.05) is 26.7 Å². The lowest BCUT2D eigenvalue weighted by atomic mass is 9.99. The fourth-order valence-electron chi connectivity index (χ4n) is 1.24. The maximum atomic E-state index is 11.0. The molecule has 6 heteroatoms. The summed E-state index contributed by atoms with van der Waals surface area (Å²) in [5, 5.41) is 17.1. The van der Waals surface area contributed by atoms with Gasteiger partial charge in [-0.05, 0) is 6.42 Å². The molecule has 3 N–H and O–H groups in total. The first kappa shape index (κ1) is 15.3. The number of rotatable bonds is 4. The van der Waals surface area contributed by atoms with Gasteiger partial charge in [0.2, 0.25) is 5.91 Å². The average molecular weight is 242 g/mol. The number of unbranched alkanes of at least 4 members (excludes halogenated alkanes) is 1. The number of carboxylic acid groups (broad SMARTS) is 1. The highest BCUT2D eigenvalue weighted by Crippen LogP contribution is 2.14. The summed E-state index contributed by atoms with van der Waals surface area (Å²) in [6.07, 6.45) is 2.70. The van der Waals surface area contributed by atoms with E-state index in [0.717, 1.165) is 12.8 Å². The third-order valence-electron chi connectivity index (χ3n) is 2.30. The Kier molecular flexibility index (Phi) is 6.77. The fraction of sp³-hybridized carbons (Fsp3) is 0.636. The van der Waals surface area contributed by atoms with Crippen molar-refractivity contribution in [3.63, 3.8) is 0 Å². The van der Waals surface area contributed by atoms with Crippen LogP contribution in [0.5, 0.6) is 0 Å². The van der Waals surface area contributed by atoms with Crippen LogP contribution >= 0.6 is 0 Å². The maximum absolute atomic E-state index is 11.0. The molecule has 6 nitrogen and oxygen atoms in total. The molecule has 0 radical (unpaired) electrons. The Morgan fingerprint density at radius 2 is 1.94 bits per heavy atom. The quantitative estimate of drug-likeness (QED) is 0.638. The first-order valence-electron chi connectivity index (χ1n) is 5.59. The maximum Gasteiger partial charge on any atom is 0.303 e. The Balaban J connectivity index is 0.000000437. The van der Waals surface area contributed by atoms with Crippen molar-refractivity contribution < 1.29 is 19.5 Å². The van der Waals surface area contributed by atoms with Crippen molar-refractivity contribution in [2.75, 3.05) is 0 Å². The Hall–Kier alpha value is -1.72. The molecule has 0 spiro atoms. The predicted molar refractivity (Wildman–Crippen MR) is 61.8 cm³/mol. The minimum absolute atomic E-state index is 0.0755. The normalized spacial score (nSPS) is 18.5. The number of carbonyl (C=O) groups is 3. The van der Waals surface area contributed by atoms with Gasteiger partial charge in [0.05, 0.1) is 5.92 Å². The predicted octanol–water partition coefficient (Wildman–Crippen LogP) is 0.950. The van der Waals surface area contributed by atoms with E-state index >= 15 is 0 Å². The van der Waals surface area contributed by atoms with Crippen molar-refractivity contribution in [3.8, 4) is 0 Å². The smallest absolute Gasteiger partial charge is 0.303 e. The van der Waals surface area contributed by atoms with Crippen LogP contribution in [0, 0.1) is 11.3 Å². The van der Waals surface area contributed by atoms with Gasteiger partial charge in [-0.15, -0.1) is 0 Å². The van der Waals surface area contributed by atoms with Crippen molar-refractivity contribution in [2.45, 2.75) is 39.5 Å². The Morgan fingerprint density at radius 1 is 1.41 bits per heavy atom. The number of amides is 2. The van der Waals surface area contributed by atoms with Crippen LogP contribution in [0.15, 0.2) is 0 Å². The van der Waals surface area contributed by atoms with Crippen LogP contribution in [0.25, 0.3) is 0 Å². The van der Waals surface area contributed by atoms with Crippen LogP contribution in [0.1, 0.15) is 39.5 Å². The summed E-state index contributed by atoms with van der Waals surface area (Å²) in [6, 6.07) is 0. The SMILES string of the molecule is CCC(=O)O.CCCCC1C(=N)C(=O)NC1=O. The lowest BCUT2D eigenvalue weighted by Gasteiger charge is -2.02. The summed E-state index contributed by atoms with van der Waals surface area (Å²) in [6.45, 7) is 3.61. The van der Waals surface area contributed by atoms with Gasteiger partial charge in [0.25, 0.3) is 5.91 Å². The van der Waals surface area contributed by atoms with Gasteiger partial charge in [0.15, 0.2) is 0 Å². The lowest BCUT2D eigenvalue weighted by molar-refractivity contribution is -0.136. The summed E-state index contributed by atoms with van der Waals surface area (Å²) in [5.74, 6) is -2.07. The van der Waals surface area contributed by atoms with E-state index in [2.05, 4.69) is 5.32 Å². The molecule has 17 heavy (non-hydrogen) atoms. The van der Waals surface area contributed by atoms with Crippen molar-refractivity contribution in [1.29, 1.82) is 5.41 Å². The molecule has 1 unspecified atom stereocenters. The zero-order chi connectivity index (χ0) is 13.4. The monoisotopic (exact) mass is 242 g/mol. The first-order valence-corrected chi connectivity index (χ1v) is 5.59. The van der Waals surface area contributed by atoms with Crippen molar-refractivity contribution in [2.24, 2.45) is 5.92 Å². The van der Waals surface area contributed by atoms with E-state index < -0.39 is 17.8 Å². The van der Waals surface area contributed by atoms with Crippen LogP contribution in [-0.4, -0.2) is 28.6 Å². The average Bonchev–Trinajstić information content (AvgIpc) is 2.52. The Morgan fingerprint density at radius 3 is 2.24 bits per heavy atom. The molecule has 1 fully saturated rings. The van der Waals surface area contributed by atoms with Gasteiger partial charge in [-0.2, -0.15) is 0 Å². The highest BCUT2D eigenvalue weighted by atomic mass is 16.4. The molecule has 0 aromatic rings. The molecule has 1 heterocycles. The minimum atomic E-state index is -0.745. The number of hydrogen-bond acceptors (Lipinski definition) is 4. The van der Waals surface area contributed by atoms with Crippen molar-refractivity contribution in [1.82, 2.24) is 5.32 Å². The van der Waals surface area contributed by atoms with Crippen LogP contribution in [-0.2, 0) is 14.4 Å². The fourth-order valence-corrected chi connectivity index (χ4v) is 1.24. The van der Waals surface area contributed by atoms with E-state index in [0.29, 0.717) is 6.42 Å². The second-order valence-electron chi connectivity index (χ2n) is 3.67. The van der Waals surface area contributed by atoms with Gasteiger partial charge >= 0.3 is 5.97 Å². The number of carboxylic acids is 1. The van der Waals surface area contributed by atoms with Crippen molar-refractivity contribution >= 4 is 23.5 Å². The van der Waals surface area contributed by atoms with E-state index in [-0.39, 0.29) is 18.0 Å². The Bertz CT molecular complexity index is 325. The lowest BCUT2D eigenvalue weighted by Crippen LogP contribution is -2.22. The summed E-state index contributed by atoms with van der Waals surface area (Å²) < 4.78 is 0. The second kappa shape index (κ2) is 7.54. The highest BCUT2D eigenvalue weighted by Gasteiger charge is 2.35. The summed E-state index contributed by atoms with van der Waals surface area (Å²) in [7, 11) is 0. The van der Waals surface area contributed by atoms with Crippen LogP contribution < -0.4 is 5.32 Å². The molecule has 1 atom stereocenters. The summed E-state index contributed by atoms with van der Waals surface area (Å²) >= 11 is 0. The van der Waals surface area contributed by atoms with Crippen LogP contribution in [0.4, 0.5) is 0 Å². The van der Waals surface area contributed by atoms with Gasteiger partial charge in [-0.3, -0.25) is 25.1 Å². The molecule has 0 saturated carbocycles. The van der Waals surface area contributed by atoms with Crippen LogP contribution in [0.3, 0.4) is 0 Å². The molecule has 2 amide bonds. The molecule has 96 valence electrons. The standard InChI is InChI=1S/C8H12N2O2.C3H6O2/c1-2-3-4-5-6(9)8(12)10-7(5)11;1-2-3(4)5/h5,9H,2-4H2,1H3,(H,10,11,12);2H2,1H3,(H,4,5). The van der Waals surface area contributed by atoms with Crippen molar-refractivity contribution in [3.05, 3.63) is 0 Å². The van der Waals surface area contributed by atoms with E-state index in [1.807, 2.05) is 6.92 Å². The van der Waals surface area contributed by atoms with Gasteiger partial charge in [0.1, 0.15) is 5.71 Å². The Labute approximate surface area is 99.9 Å². The van der Waals surface area contributed by atoms with E-state index in [4.69, 9.17) is 10.5 Å². The van der Waals surface area contributed by atoms with Gasteiger partial charge in [0, 0.05) is 6.42 Å². The molecule has 0 aromatic carbocycles. The molecule has 1 aliphatic heterocycles. The summed E-state index contributed by atoms with van der Waals surface area (Å²) in [4.78, 5) is 31.2. The van der Waals surface area contributed by atoms with Gasteiger partial charge < -0.3 is 5.11 Å². The summed E-state index contributed by atoms with van der Waals surface area (Å²) in [5.41, 5.74) is -0.0755. The largest absolute Gasteiger partial charge is 0.481 e. The van der Waals surface area contributed by atoms with Crippen LogP contribution in [0.2, 0.25) is 0 Å². The molecule has 0 bridgehead atoms.